The molecule has 1 aromatic carbocycles. The first-order chi connectivity index (χ1) is 11.7. The Bertz CT molecular complexity index is 642. The number of hydrogen-bond acceptors (Lipinski definition) is 5. The standard InChI is InChI=1S/C17H22N2O5/c1-21-9-7-19(11-13-6-8-24-12-13)17(20)18-14-4-5-15(22-2)16(10-14)23-3/h4-6,8,10,12H,7,9,11H2,1-3H3,(H,18,20). The van der Waals surface area contributed by atoms with Crippen LogP contribution in [0.25, 0.3) is 0 Å². The molecular weight excluding hydrogens is 312 g/mol. The van der Waals surface area contributed by atoms with Crippen molar-refractivity contribution in [3.05, 3.63) is 42.4 Å². The molecule has 2 rings (SSSR count). The van der Waals surface area contributed by atoms with Gasteiger partial charge in [-0.15, -0.1) is 0 Å². The van der Waals surface area contributed by atoms with Crippen LogP contribution in [0.15, 0.2) is 41.2 Å². The lowest BCUT2D eigenvalue weighted by Crippen LogP contribution is -2.36. The summed E-state index contributed by atoms with van der Waals surface area (Å²) in [6, 6.07) is 6.79. The van der Waals surface area contributed by atoms with Crippen LogP contribution in [0, 0.1) is 0 Å². The first-order valence-electron chi connectivity index (χ1n) is 7.46. The van der Waals surface area contributed by atoms with Crippen molar-refractivity contribution in [3.63, 3.8) is 0 Å². The Kier molecular flexibility index (Phi) is 6.51. The highest BCUT2D eigenvalue weighted by Gasteiger charge is 2.15. The molecule has 1 heterocycles. The van der Waals surface area contributed by atoms with Crippen LogP contribution in [0.2, 0.25) is 0 Å². The van der Waals surface area contributed by atoms with Gasteiger partial charge < -0.3 is 28.8 Å². The number of urea groups is 1. The smallest absolute Gasteiger partial charge is 0.322 e. The lowest BCUT2D eigenvalue weighted by atomic mass is 10.2. The number of rotatable bonds is 8. The van der Waals surface area contributed by atoms with Gasteiger partial charge in [-0.1, -0.05) is 0 Å². The summed E-state index contributed by atoms with van der Waals surface area (Å²) in [5.41, 5.74) is 1.53. The van der Waals surface area contributed by atoms with E-state index in [1.807, 2.05) is 6.07 Å². The van der Waals surface area contributed by atoms with Crippen molar-refractivity contribution < 1.29 is 23.4 Å². The highest BCUT2D eigenvalue weighted by atomic mass is 16.5. The predicted molar refractivity (Wildman–Crippen MR) is 89.6 cm³/mol. The molecule has 0 saturated heterocycles. The van der Waals surface area contributed by atoms with Crippen molar-refractivity contribution in [2.45, 2.75) is 6.54 Å². The summed E-state index contributed by atoms with van der Waals surface area (Å²) in [7, 11) is 4.71. The van der Waals surface area contributed by atoms with E-state index in [9.17, 15) is 4.79 Å². The molecule has 0 radical (unpaired) electrons. The molecule has 0 unspecified atom stereocenters. The minimum Gasteiger partial charge on any atom is -0.493 e. The van der Waals surface area contributed by atoms with Gasteiger partial charge in [0.15, 0.2) is 11.5 Å². The lowest BCUT2D eigenvalue weighted by Gasteiger charge is -2.22. The SMILES string of the molecule is COCCN(Cc1ccoc1)C(=O)Nc1ccc(OC)c(OC)c1. The van der Waals surface area contributed by atoms with E-state index in [0.717, 1.165) is 5.56 Å². The minimum atomic E-state index is -0.236. The molecule has 0 atom stereocenters. The van der Waals surface area contributed by atoms with Crippen LogP contribution in [0.4, 0.5) is 10.5 Å². The third-order valence-corrected chi connectivity index (χ3v) is 3.44. The third-order valence-electron chi connectivity index (χ3n) is 3.44. The van der Waals surface area contributed by atoms with E-state index in [4.69, 9.17) is 18.6 Å². The Balaban J connectivity index is 2.08. The van der Waals surface area contributed by atoms with Gasteiger partial charge >= 0.3 is 6.03 Å². The molecule has 0 fully saturated rings. The fraction of sp³-hybridized carbons (Fsp3) is 0.353. The Labute approximate surface area is 141 Å². The van der Waals surface area contributed by atoms with Crippen molar-refractivity contribution in [2.75, 3.05) is 39.8 Å². The molecule has 0 saturated carbocycles. The second kappa shape index (κ2) is 8.83. The van der Waals surface area contributed by atoms with Crippen LogP contribution in [0.5, 0.6) is 11.5 Å². The van der Waals surface area contributed by atoms with Crippen molar-refractivity contribution in [1.29, 1.82) is 0 Å². The fourth-order valence-electron chi connectivity index (χ4n) is 2.17. The molecular formula is C17H22N2O5. The molecule has 0 aliphatic rings. The first-order valence-corrected chi connectivity index (χ1v) is 7.46. The maximum absolute atomic E-state index is 12.6. The van der Waals surface area contributed by atoms with E-state index in [-0.39, 0.29) is 6.03 Å². The number of amides is 2. The molecule has 7 heteroatoms. The van der Waals surface area contributed by atoms with Crippen LogP contribution < -0.4 is 14.8 Å². The predicted octanol–water partition coefficient (Wildman–Crippen LogP) is 2.98. The molecule has 130 valence electrons. The van der Waals surface area contributed by atoms with Gasteiger partial charge in [-0.2, -0.15) is 0 Å². The van der Waals surface area contributed by atoms with Crippen LogP contribution >= 0.6 is 0 Å². The minimum absolute atomic E-state index is 0.236. The van der Waals surface area contributed by atoms with Gasteiger partial charge in [0, 0.05) is 31.0 Å². The summed E-state index contributed by atoms with van der Waals surface area (Å²) in [5.74, 6) is 1.15. The van der Waals surface area contributed by atoms with Crippen LogP contribution in [0.3, 0.4) is 0 Å². The maximum Gasteiger partial charge on any atom is 0.322 e. The summed E-state index contributed by atoms with van der Waals surface area (Å²) in [6.07, 6.45) is 3.19. The quantitative estimate of drug-likeness (QED) is 0.803. The van der Waals surface area contributed by atoms with Gasteiger partial charge in [0.1, 0.15) is 0 Å². The summed E-state index contributed by atoms with van der Waals surface area (Å²) in [4.78, 5) is 14.2. The summed E-state index contributed by atoms with van der Waals surface area (Å²) >= 11 is 0. The normalized spacial score (nSPS) is 10.3. The van der Waals surface area contributed by atoms with Crippen LogP contribution in [-0.4, -0.2) is 45.4 Å². The molecule has 0 spiro atoms. The lowest BCUT2D eigenvalue weighted by molar-refractivity contribution is 0.152. The molecule has 0 aliphatic carbocycles. The molecule has 1 aromatic heterocycles. The van der Waals surface area contributed by atoms with Crippen molar-refractivity contribution in [1.82, 2.24) is 4.90 Å². The Morgan fingerprint density at radius 2 is 1.96 bits per heavy atom. The topological polar surface area (TPSA) is 73.2 Å². The molecule has 2 aromatic rings. The number of anilines is 1. The van der Waals surface area contributed by atoms with Gasteiger partial charge in [0.2, 0.25) is 0 Å². The number of methoxy groups -OCH3 is 3. The summed E-state index contributed by atoms with van der Waals surface area (Å²) in [5, 5.41) is 2.85. The highest BCUT2D eigenvalue weighted by Crippen LogP contribution is 2.29. The van der Waals surface area contributed by atoms with Gasteiger partial charge in [-0.25, -0.2) is 4.79 Å². The number of furan rings is 1. The Morgan fingerprint density at radius 1 is 1.17 bits per heavy atom. The number of carbonyl (C=O) groups is 1. The second-order valence-corrected chi connectivity index (χ2v) is 5.05. The second-order valence-electron chi connectivity index (χ2n) is 5.05. The average Bonchev–Trinajstić information content (AvgIpc) is 3.11. The van der Waals surface area contributed by atoms with E-state index in [1.54, 1.807) is 57.0 Å². The van der Waals surface area contributed by atoms with Gasteiger partial charge in [0.05, 0.1) is 39.9 Å². The number of benzene rings is 1. The van der Waals surface area contributed by atoms with Crippen molar-refractivity contribution >= 4 is 11.7 Å². The maximum atomic E-state index is 12.6. The number of nitrogens with one attached hydrogen (secondary N) is 1. The van der Waals surface area contributed by atoms with Crippen LogP contribution in [-0.2, 0) is 11.3 Å². The van der Waals surface area contributed by atoms with E-state index in [1.165, 1.54) is 0 Å². The molecule has 1 N–H and O–H groups in total. The van der Waals surface area contributed by atoms with E-state index < -0.39 is 0 Å². The van der Waals surface area contributed by atoms with Crippen molar-refractivity contribution in [3.8, 4) is 11.5 Å². The number of hydrogen-bond donors (Lipinski definition) is 1. The molecule has 24 heavy (non-hydrogen) atoms. The summed E-state index contributed by atoms with van der Waals surface area (Å²) < 4.78 is 20.6. The number of nitrogens with zero attached hydrogens (tertiary/aromatic N) is 1. The zero-order valence-corrected chi connectivity index (χ0v) is 14.1. The average molecular weight is 334 g/mol. The third kappa shape index (κ3) is 4.66. The van der Waals surface area contributed by atoms with E-state index in [0.29, 0.717) is 36.9 Å². The molecule has 2 amide bonds. The number of ether oxygens (including phenoxy) is 3. The van der Waals surface area contributed by atoms with E-state index in [2.05, 4.69) is 5.32 Å². The largest absolute Gasteiger partial charge is 0.493 e. The fourth-order valence-corrected chi connectivity index (χ4v) is 2.17. The van der Waals surface area contributed by atoms with Gasteiger partial charge in [-0.3, -0.25) is 0 Å². The molecule has 0 bridgehead atoms. The van der Waals surface area contributed by atoms with Crippen molar-refractivity contribution in [2.24, 2.45) is 0 Å². The zero-order valence-electron chi connectivity index (χ0n) is 14.1. The zero-order chi connectivity index (χ0) is 17.4. The van der Waals surface area contributed by atoms with Gasteiger partial charge in [0.25, 0.3) is 0 Å². The Hall–Kier alpha value is -2.67. The first kappa shape index (κ1) is 17.7. The highest BCUT2D eigenvalue weighted by molar-refractivity contribution is 5.89. The monoisotopic (exact) mass is 334 g/mol. The van der Waals surface area contributed by atoms with E-state index >= 15 is 0 Å². The van der Waals surface area contributed by atoms with Crippen LogP contribution in [0.1, 0.15) is 5.56 Å². The Morgan fingerprint density at radius 3 is 2.58 bits per heavy atom. The molecule has 0 aliphatic heterocycles. The summed E-state index contributed by atoms with van der Waals surface area (Å²) in [6.45, 7) is 1.33. The molecule has 7 nitrogen and oxygen atoms in total. The van der Waals surface area contributed by atoms with Gasteiger partial charge in [-0.05, 0) is 18.2 Å². The number of carbonyl (C=O) groups excluding carboxylic acids is 1.